The van der Waals surface area contributed by atoms with Gasteiger partial charge in [0.15, 0.2) is 4.84 Å². The van der Waals surface area contributed by atoms with E-state index in [0.717, 1.165) is 0 Å². The minimum Gasteiger partial charge on any atom is -0.480 e. The van der Waals surface area contributed by atoms with E-state index in [0.29, 0.717) is 0 Å². The number of carboxylic acids is 1. The number of carboxylic acid groups (broad SMARTS) is 1. The summed E-state index contributed by atoms with van der Waals surface area (Å²) in [6.07, 6.45) is 0. The minimum absolute atomic E-state index is 0. The molecule has 0 heterocycles. The smallest absolute Gasteiger partial charge is 0.328 e. The Labute approximate surface area is 107 Å². The topological polar surface area (TPSA) is 86.6 Å². The number of nitrogens with one attached hydrogen (secondary N) is 1. The fourth-order valence-electron chi connectivity index (χ4n) is 0.420. The summed E-state index contributed by atoms with van der Waals surface area (Å²) >= 11 is 10.2. The number of hydrogen-bond acceptors (Lipinski definition) is 3. The number of aliphatic hydroxyl groups excluding tert-OH is 1. The first-order chi connectivity index (χ1) is 5.49. The molecule has 8 heteroatoms. The molecule has 0 aromatic heterocycles. The number of hydrogen-bond donors (Lipinski definition) is 3. The number of carbonyl (C=O) groups is 2. The van der Waals surface area contributed by atoms with Crippen molar-refractivity contribution in [1.82, 2.24) is 5.32 Å². The SMILES string of the molecule is O=C(NC(CO)C(=O)O)C(Cl)Cl.[Na]. The number of alkyl halides is 2. The number of halogens is 2. The molecule has 71 valence electrons. The van der Waals surface area contributed by atoms with Gasteiger partial charge in [-0.3, -0.25) is 4.79 Å². The second-order valence-corrected chi connectivity index (χ2v) is 2.98. The molecule has 3 N–H and O–H groups in total. The molecular formula is C5H7Cl2NNaO4. The Bertz CT molecular complexity index is 189. The van der Waals surface area contributed by atoms with Gasteiger partial charge in [0, 0.05) is 29.6 Å². The molecular weight excluding hydrogens is 232 g/mol. The summed E-state index contributed by atoms with van der Waals surface area (Å²) in [7, 11) is 0. The molecule has 0 saturated carbocycles. The third kappa shape index (κ3) is 6.54. The first kappa shape index (κ1) is 15.9. The second-order valence-electron chi connectivity index (χ2n) is 1.88. The zero-order valence-electron chi connectivity index (χ0n) is 6.83. The first-order valence-corrected chi connectivity index (χ1v) is 3.78. The van der Waals surface area contributed by atoms with E-state index in [4.69, 9.17) is 33.4 Å². The van der Waals surface area contributed by atoms with Crippen LogP contribution in [0.25, 0.3) is 0 Å². The molecule has 1 radical (unpaired) electrons. The van der Waals surface area contributed by atoms with Crippen LogP contribution in [0.1, 0.15) is 0 Å². The molecule has 1 amide bonds. The monoisotopic (exact) mass is 238 g/mol. The largest absolute Gasteiger partial charge is 0.480 e. The normalized spacial score (nSPS) is 11.7. The van der Waals surface area contributed by atoms with Crippen molar-refractivity contribution in [3.8, 4) is 0 Å². The van der Waals surface area contributed by atoms with Crippen molar-refractivity contribution in [2.45, 2.75) is 10.9 Å². The van der Waals surface area contributed by atoms with Crippen molar-refractivity contribution < 1.29 is 19.8 Å². The van der Waals surface area contributed by atoms with E-state index >= 15 is 0 Å². The van der Waals surface area contributed by atoms with Gasteiger partial charge in [-0.1, -0.05) is 23.2 Å². The van der Waals surface area contributed by atoms with Crippen LogP contribution in [0.15, 0.2) is 0 Å². The standard InChI is InChI=1S/C5H7Cl2NO4.Na/c6-3(7)4(10)8-2(1-9)5(11)12;/h2-3,9H,1H2,(H,8,10)(H,11,12);. The van der Waals surface area contributed by atoms with E-state index in [-0.39, 0.29) is 29.6 Å². The summed E-state index contributed by atoms with van der Waals surface area (Å²) in [5, 5.41) is 18.7. The zero-order chi connectivity index (χ0) is 9.72. The van der Waals surface area contributed by atoms with Crippen LogP contribution in [0.2, 0.25) is 0 Å². The molecule has 0 saturated heterocycles. The molecule has 0 fully saturated rings. The Morgan fingerprint density at radius 2 is 1.85 bits per heavy atom. The average Bonchev–Trinajstić information content (AvgIpc) is 1.98. The van der Waals surface area contributed by atoms with E-state index in [1.54, 1.807) is 0 Å². The maximum atomic E-state index is 10.7. The quantitative estimate of drug-likeness (QED) is 0.432. The van der Waals surface area contributed by atoms with Crippen molar-refractivity contribution in [3.63, 3.8) is 0 Å². The molecule has 1 unspecified atom stereocenters. The molecule has 0 aliphatic rings. The van der Waals surface area contributed by atoms with Gasteiger partial charge in [0.25, 0.3) is 5.91 Å². The molecule has 0 bridgehead atoms. The van der Waals surface area contributed by atoms with E-state index in [2.05, 4.69) is 0 Å². The van der Waals surface area contributed by atoms with E-state index in [1.807, 2.05) is 5.32 Å². The minimum atomic E-state index is -1.36. The van der Waals surface area contributed by atoms with Crippen LogP contribution in [-0.2, 0) is 9.59 Å². The average molecular weight is 239 g/mol. The first-order valence-electron chi connectivity index (χ1n) is 2.91. The Morgan fingerprint density at radius 3 is 2.08 bits per heavy atom. The molecule has 13 heavy (non-hydrogen) atoms. The molecule has 0 aromatic carbocycles. The van der Waals surface area contributed by atoms with Gasteiger partial charge in [0.1, 0.15) is 6.04 Å². The van der Waals surface area contributed by atoms with Crippen LogP contribution in [0.3, 0.4) is 0 Å². The predicted octanol–water partition coefficient (Wildman–Crippen LogP) is -1.03. The van der Waals surface area contributed by atoms with Gasteiger partial charge in [-0.25, -0.2) is 4.79 Å². The predicted molar refractivity (Wildman–Crippen MR) is 47.9 cm³/mol. The molecule has 1 atom stereocenters. The van der Waals surface area contributed by atoms with Gasteiger partial charge < -0.3 is 15.5 Å². The summed E-state index contributed by atoms with van der Waals surface area (Å²) in [6.45, 7) is -0.707. The molecule has 0 aliphatic heterocycles. The van der Waals surface area contributed by atoms with E-state index < -0.39 is 29.4 Å². The Kier molecular flexibility index (Phi) is 9.61. The van der Waals surface area contributed by atoms with E-state index in [1.165, 1.54) is 0 Å². The van der Waals surface area contributed by atoms with Crippen molar-refractivity contribution in [2.75, 3.05) is 6.61 Å². The maximum Gasteiger partial charge on any atom is 0.328 e. The van der Waals surface area contributed by atoms with Crippen LogP contribution in [0, 0.1) is 0 Å². The zero-order valence-corrected chi connectivity index (χ0v) is 10.3. The van der Waals surface area contributed by atoms with E-state index in [9.17, 15) is 9.59 Å². The molecule has 0 rings (SSSR count). The summed E-state index contributed by atoms with van der Waals surface area (Å²) in [5.74, 6) is -2.19. The Morgan fingerprint density at radius 1 is 1.38 bits per heavy atom. The van der Waals surface area contributed by atoms with Gasteiger partial charge >= 0.3 is 5.97 Å². The second kappa shape index (κ2) is 7.84. The van der Waals surface area contributed by atoms with Crippen molar-refractivity contribution in [1.29, 1.82) is 0 Å². The fraction of sp³-hybridized carbons (Fsp3) is 0.600. The number of amides is 1. The summed E-state index contributed by atoms with van der Waals surface area (Å²) < 4.78 is 0. The summed E-state index contributed by atoms with van der Waals surface area (Å²) in [4.78, 5) is 19.6. The van der Waals surface area contributed by atoms with Gasteiger partial charge in [-0.2, -0.15) is 0 Å². The van der Waals surface area contributed by atoms with Crippen LogP contribution in [0.5, 0.6) is 0 Å². The molecule has 0 aliphatic carbocycles. The Hall–Kier alpha value is 0.480. The number of aliphatic hydroxyl groups is 1. The Balaban J connectivity index is 0. The van der Waals surface area contributed by atoms with Crippen LogP contribution >= 0.6 is 23.2 Å². The summed E-state index contributed by atoms with van der Waals surface area (Å²) in [6, 6.07) is -1.36. The molecule has 0 spiro atoms. The third-order valence-electron chi connectivity index (χ3n) is 0.995. The van der Waals surface area contributed by atoms with Gasteiger partial charge in [-0.15, -0.1) is 0 Å². The van der Waals surface area contributed by atoms with Crippen molar-refractivity contribution >= 4 is 64.6 Å². The van der Waals surface area contributed by atoms with Crippen LogP contribution in [0.4, 0.5) is 0 Å². The summed E-state index contributed by atoms with van der Waals surface area (Å²) in [5.41, 5.74) is 0. The fourth-order valence-corrected chi connectivity index (χ4v) is 0.546. The maximum absolute atomic E-state index is 10.7. The van der Waals surface area contributed by atoms with Gasteiger partial charge in [-0.05, 0) is 0 Å². The number of aliphatic carboxylic acids is 1. The third-order valence-corrected chi connectivity index (χ3v) is 1.39. The molecule has 0 aromatic rings. The number of carbonyl (C=O) groups excluding carboxylic acids is 1. The molecule has 5 nitrogen and oxygen atoms in total. The van der Waals surface area contributed by atoms with Crippen molar-refractivity contribution in [2.24, 2.45) is 0 Å². The van der Waals surface area contributed by atoms with Gasteiger partial charge in [0.2, 0.25) is 0 Å². The van der Waals surface area contributed by atoms with Crippen LogP contribution in [-0.4, -0.2) is 69.1 Å². The van der Waals surface area contributed by atoms with Crippen molar-refractivity contribution in [3.05, 3.63) is 0 Å². The number of rotatable bonds is 4. The van der Waals surface area contributed by atoms with Gasteiger partial charge in [0.05, 0.1) is 6.61 Å². The van der Waals surface area contributed by atoms with Crippen LogP contribution < -0.4 is 5.32 Å².